The Bertz CT molecular complexity index is 584. The lowest BCUT2D eigenvalue weighted by Gasteiger charge is -2.16. The summed E-state index contributed by atoms with van der Waals surface area (Å²) >= 11 is 2.27. The van der Waals surface area contributed by atoms with Gasteiger partial charge in [-0.2, -0.15) is 0 Å². The molecule has 1 aliphatic carbocycles. The fraction of sp³-hybridized carbons (Fsp3) is 0.692. The molecule has 20 heavy (non-hydrogen) atoms. The molecule has 1 heterocycles. The van der Waals surface area contributed by atoms with Crippen LogP contribution in [0, 0.1) is 3.57 Å². The number of hydrogen-bond donors (Lipinski definition) is 1. The van der Waals surface area contributed by atoms with E-state index in [2.05, 4.69) is 37.9 Å². The second kappa shape index (κ2) is 6.55. The Kier molecular flexibility index (Phi) is 5.22. The minimum Gasteiger partial charge on any atom is -0.369 e. The first-order valence-electron chi connectivity index (χ1n) is 6.88. The van der Waals surface area contributed by atoms with Gasteiger partial charge in [-0.1, -0.05) is 12.8 Å². The third kappa shape index (κ3) is 4.03. The molecule has 7 heteroatoms. The number of hydrogen-bond acceptors (Lipinski definition) is 5. The third-order valence-electron chi connectivity index (χ3n) is 3.40. The largest absolute Gasteiger partial charge is 0.369 e. The molecule has 1 aliphatic rings. The Morgan fingerprint density at radius 1 is 1.30 bits per heavy atom. The fourth-order valence-corrected chi connectivity index (χ4v) is 4.04. The predicted octanol–water partition coefficient (Wildman–Crippen LogP) is 2.72. The van der Waals surface area contributed by atoms with Gasteiger partial charge in [0.1, 0.15) is 17.4 Å². The molecule has 1 aromatic rings. The van der Waals surface area contributed by atoms with Crippen LogP contribution in [0.2, 0.25) is 0 Å². The van der Waals surface area contributed by atoms with Crippen LogP contribution >= 0.6 is 22.6 Å². The van der Waals surface area contributed by atoms with Gasteiger partial charge in [0.15, 0.2) is 9.84 Å². The van der Waals surface area contributed by atoms with E-state index in [4.69, 9.17) is 0 Å². The Morgan fingerprint density at radius 3 is 2.50 bits per heavy atom. The molecular formula is C13H20IN3O2S. The van der Waals surface area contributed by atoms with Crippen LogP contribution in [-0.2, 0) is 15.6 Å². The number of nitrogens with zero attached hydrogens (tertiary/aromatic N) is 2. The highest BCUT2D eigenvalue weighted by molar-refractivity contribution is 14.1. The van der Waals surface area contributed by atoms with Crippen LogP contribution in [0.25, 0.3) is 0 Å². The van der Waals surface area contributed by atoms with Gasteiger partial charge in [-0.15, -0.1) is 0 Å². The molecule has 2 rings (SSSR count). The van der Waals surface area contributed by atoms with Crippen molar-refractivity contribution in [2.24, 2.45) is 0 Å². The van der Waals surface area contributed by atoms with Gasteiger partial charge in [-0.05, 0) is 42.4 Å². The van der Waals surface area contributed by atoms with E-state index in [-0.39, 0.29) is 5.75 Å². The monoisotopic (exact) mass is 409 g/mol. The van der Waals surface area contributed by atoms with Crippen molar-refractivity contribution in [2.45, 2.75) is 44.3 Å². The summed E-state index contributed by atoms with van der Waals surface area (Å²) in [6.45, 7) is 2.76. The predicted molar refractivity (Wildman–Crippen MR) is 88.7 cm³/mol. The van der Waals surface area contributed by atoms with Crippen molar-refractivity contribution in [1.29, 1.82) is 0 Å². The van der Waals surface area contributed by atoms with Gasteiger partial charge in [-0.25, -0.2) is 18.4 Å². The fourth-order valence-electron chi connectivity index (χ4n) is 2.57. The van der Waals surface area contributed by atoms with Gasteiger partial charge in [0.2, 0.25) is 0 Å². The van der Waals surface area contributed by atoms with Crippen LogP contribution < -0.4 is 5.32 Å². The molecule has 0 amide bonds. The second-order valence-corrected chi connectivity index (χ2v) is 8.49. The number of nitrogens with one attached hydrogen (secondary N) is 1. The number of halogens is 1. The smallest absolute Gasteiger partial charge is 0.154 e. The van der Waals surface area contributed by atoms with E-state index in [0.717, 1.165) is 34.5 Å². The van der Waals surface area contributed by atoms with Crippen molar-refractivity contribution in [3.05, 3.63) is 15.1 Å². The maximum Gasteiger partial charge on any atom is 0.154 e. The normalized spacial score (nSPS) is 16.6. The first-order valence-corrected chi connectivity index (χ1v) is 10.0. The highest BCUT2D eigenvalue weighted by atomic mass is 127. The maximum absolute atomic E-state index is 11.5. The molecule has 1 saturated carbocycles. The second-order valence-electron chi connectivity index (χ2n) is 5.27. The molecule has 0 spiro atoms. The molecule has 0 saturated heterocycles. The Labute approximate surface area is 134 Å². The Morgan fingerprint density at radius 2 is 1.95 bits per heavy atom. The number of aromatic nitrogens is 2. The van der Waals surface area contributed by atoms with Crippen molar-refractivity contribution in [3.8, 4) is 0 Å². The van der Waals surface area contributed by atoms with Gasteiger partial charge in [0, 0.05) is 18.7 Å². The first kappa shape index (κ1) is 15.9. The molecule has 0 atom stereocenters. The molecule has 0 aliphatic heterocycles. The molecule has 1 aromatic heterocycles. The van der Waals surface area contributed by atoms with Crippen molar-refractivity contribution in [3.63, 3.8) is 0 Å². The summed E-state index contributed by atoms with van der Waals surface area (Å²) in [5, 5.41) is 3.21. The van der Waals surface area contributed by atoms with Crippen LogP contribution in [0.15, 0.2) is 0 Å². The van der Waals surface area contributed by atoms with Gasteiger partial charge >= 0.3 is 0 Å². The molecule has 0 radical (unpaired) electrons. The zero-order valence-corrected chi connectivity index (χ0v) is 14.8. The zero-order chi connectivity index (χ0) is 14.8. The van der Waals surface area contributed by atoms with E-state index >= 15 is 0 Å². The number of rotatable bonds is 5. The lowest BCUT2D eigenvalue weighted by Crippen LogP contribution is -2.14. The first-order chi connectivity index (χ1) is 9.40. The standard InChI is InChI=1S/C13H20IN3O2S/c1-3-15-13-11(14)12(9-6-4-5-7-9)16-10(17-13)8-20(2,18)19/h9H,3-8H2,1-2H3,(H,15,16,17). The van der Waals surface area contributed by atoms with Crippen molar-refractivity contribution >= 4 is 38.2 Å². The molecule has 0 aromatic carbocycles. The van der Waals surface area contributed by atoms with Crippen LogP contribution in [0.3, 0.4) is 0 Å². The average molecular weight is 409 g/mol. The Balaban J connectivity index is 2.42. The van der Waals surface area contributed by atoms with Crippen molar-refractivity contribution in [2.75, 3.05) is 18.1 Å². The lowest BCUT2D eigenvalue weighted by atomic mass is 10.0. The maximum atomic E-state index is 11.5. The summed E-state index contributed by atoms with van der Waals surface area (Å²) in [5.74, 6) is 1.53. The molecular weight excluding hydrogens is 389 g/mol. The topological polar surface area (TPSA) is 72.0 Å². The van der Waals surface area contributed by atoms with Crippen LogP contribution in [0.5, 0.6) is 0 Å². The summed E-state index contributed by atoms with van der Waals surface area (Å²) in [4.78, 5) is 8.92. The van der Waals surface area contributed by atoms with E-state index in [1.807, 2.05) is 6.92 Å². The van der Waals surface area contributed by atoms with Gasteiger partial charge in [0.05, 0.1) is 9.26 Å². The molecule has 0 bridgehead atoms. The Hall–Kier alpha value is -0.440. The van der Waals surface area contributed by atoms with Gasteiger partial charge < -0.3 is 5.32 Å². The minimum atomic E-state index is -3.12. The summed E-state index contributed by atoms with van der Waals surface area (Å²) < 4.78 is 24.0. The van der Waals surface area contributed by atoms with Crippen molar-refractivity contribution in [1.82, 2.24) is 9.97 Å². The van der Waals surface area contributed by atoms with Crippen LogP contribution in [-0.4, -0.2) is 31.2 Å². The molecule has 5 nitrogen and oxygen atoms in total. The van der Waals surface area contributed by atoms with E-state index < -0.39 is 9.84 Å². The molecule has 1 fully saturated rings. The van der Waals surface area contributed by atoms with Crippen molar-refractivity contribution < 1.29 is 8.42 Å². The van der Waals surface area contributed by atoms with Crippen LogP contribution in [0.1, 0.15) is 50.0 Å². The highest BCUT2D eigenvalue weighted by Crippen LogP contribution is 2.37. The quantitative estimate of drug-likeness (QED) is 0.758. The highest BCUT2D eigenvalue weighted by Gasteiger charge is 2.24. The lowest BCUT2D eigenvalue weighted by molar-refractivity contribution is 0.599. The molecule has 112 valence electrons. The zero-order valence-electron chi connectivity index (χ0n) is 11.8. The molecule has 0 unspecified atom stereocenters. The summed E-state index contributed by atoms with van der Waals surface area (Å²) in [6, 6.07) is 0. The molecule has 1 N–H and O–H groups in total. The average Bonchev–Trinajstić information content (AvgIpc) is 2.85. The minimum absolute atomic E-state index is 0.0952. The van der Waals surface area contributed by atoms with Crippen LogP contribution in [0.4, 0.5) is 5.82 Å². The third-order valence-corrected chi connectivity index (χ3v) is 5.25. The van der Waals surface area contributed by atoms with E-state index in [0.29, 0.717) is 11.7 Å². The van der Waals surface area contributed by atoms with E-state index in [1.165, 1.54) is 19.1 Å². The summed E-state index contributed by atoms with van der Waals surface area (Å²) in [7, 11) is -3.12. The van der Waals surface area contributed by atoms with E-state index in [1.54, 1.807) is 0 Å². The van der Waals surface area contributed by atoms with Gasteiger partial charge in [0.25, 0.3) is 0 Å². The van der Waals surface area contributed by atoms with E-state index in [9.17, 15) is 8.42 Å². The number of anilines is 1. The summed E-state index contributed by atoms with van der Waals surface area (Å²) in [5.41, 5.74) is 1.02. The summed E-state index contributed by atoms with van der Waals surface area (Å²) in [6.07, 6.45) is 5.94. The SMILES string of the molecule is CCNc1nc(CS(C)(=O)=O)nc(C2CCCC2)c1I. The number of sulfone groups is 1. The van der Waals surface area contributed by atoms with Gasteiger partial charge in [-0.3, -0.25) is 0 Å².